The summed E-state index contributed by atoms with van der Waals surface area (Å²) >= 11 is 5.83. The molecular weight excluding hydrogens is 304 g/mol. The molecule has 0 spiro atoms. The van der Waals surface area contributed by atoms with E-state index < -0.39 is 5.97 Å². The van der Waals surface area contributed by atoms with Crippen molar-refractivity contribution in [2.45, 2.75) is 13.5 Å². The van der Waals surface area contributed by atoms with Gasteiger partial charge in [0.15, 0.2) is 0 Å². The SMILES string of the molecule is Cc1oc2ccc(OCc3ccc(Cl)cc3)cc2c1C(=O)[O-]. The molecule has 5 heteroatoms. The van der Waals surface area contributed by atoms with Crippen LogP contribution in [0.1, 0.15) is 21.7 Å². The van der Waals surface area contributed by atoms with Crippen LogP contribution in [0.15, 0.2) is 46.9 Å². The molecule has 22 heavy (non-hydrogen) atoms. The maximum atomic E-state index is 11.2. The third-order valence-corrected chi connectivity index (χ3v) is 3.61. The second-order valence-corrected chi connectivity index (χ2v) is 5.33. The van der Waals surface area contributed by atoms with E-state index in [4.69, 9.17) is 20.8 Å². The number of furan rings is 1. The second-order valence-electron chi connectivity index (χ2n) is 4.89. The zero-order valence-corrected chi connectivity index (χ0v) is 12.5. The van der Waals surface area contributed by atoms with Crippen LogP contribution in [0.5, 0.6) is 5.75 Å². The number of ether oxygens (including phenoxy) is 1. The van der Waals surface area contributed by atoms with Gasteiger partial charge in [-0.25, -0.2) is 0 Å². The van der Waals surface area contributed by atoms with Crippen LogP contribution in [0.4, 0.5) is 0 Å². The number of carbonyl (C=O) groups is 1. The van der Waals surface area contributed by atoms with Gasteiger partial charge in [0.25, 0.3) is 0 Å². The molecule has 0 saturated carbocycles. The Morgan fingerprint density at radius 1 is 1.23 bits per heavy atom. The van der Waals surface area contributed by atoms with E-state index in [1.807, 2.05) is 12.1 Å². The van der Waals surface area contributed by atoms with Crippen LogP contribution in [0, 0.1) is 6.92 Å². The van der Waals surface area contributed by atoms with Gasteiger partial charge in [-0.3, -0.25) is 0 Å². The smallest absolute Gasteiger partial charge is 0.135 e. The molecule has 4 nitrogen and oxygen atoms in total. The number of aryl methyl sites for hydroxylation is 1. The molecule has 0 bridgehead atoms. The molecule has 1 heterocycles. The first-order chi connectivity index (χ1) is 10.5. The monoisotopic (exact) mass is 315 g/mol. The Balaban J connectivity index is 1.86. The third kappa shape index (κ3) is 2.78. The molecule has 3 rings (SSSR count). The molecule has 112 valence electrons. The van der Waals surface area contributed by atoms with Crippen LogP contribution < -0.4 is 9.84 Å². The number of aromatic carboxylic acids is 1. The molecule has 0 aliphatic rings. The number of benzene rings is 2. The summed E-state index contributed by atoms with van der Waals surface area (Å²) in [6.45, 7) is 1.96. The van der Waals surface area contributed by atoms with E-state index in [0.717, 1.165) is 5.56 Å². The Bertz CT molecular complexity index is 834. The van der Waals surface area contributed by atoms with Gasteiger partial charge in [0.1, 0.15) is 23.7 Å². The largest absolute Gasteiger partial charge is 0.545 e. The zero-order chi connectivity index (χ0) is 15.7. The summed E-state index contributed by atoms with van der Waals surface area (Å²) < 4.78 is 11.1. The van der Waals surface area contributed by atoms with Gasteiger partial charge in [-0.2, -0.15) is 0 Å². The van der Waals surface area contributed by atoms with Crippen molar-refractivity contribution in [2.24, 2.45) is 0 Å². The maximum Gasteiger partial charge on any atom is 0.135 e. The molecule has 0 unspecified atom stereocenters. The highest BCUT2D eigenvalue weighted by atomic mass is 35.5. The molecule has 0 amide bonds. The van der Waals surface area contributed by atoms with Gasteiger partial charge in [0.05, 0.1) is 5.97 Å². The Kier molecular flexibility index (Phi) is 3.77. The van der Waals surface area contributed by atoms with Crippen molar-refractivity contribution >= 4 is 28.5 Å². The van der Waals surface area contributed by atoms with E-state index in [1.165, 1.54) is 0 Å². The topological polar surface area (TPSA) is 62.5 Å². The Hall–Kier alpha value is -2.46. The number of carboxylic acids is 1. The van der Waals surface area contributed by atoms with Crippen molar-refractivity contribution in [3.63, 3.8) is 0 Å². The third-order valence-electron chi connectivity index (χ3n) is 3.36. The van der Waals surface area contributed by atoms with Crippen LogP contribution in [0.2, 0.25) is 5.02 Å². The van der Waals surface area contributed by atoms with Crippen LogP contribution in [0.25, 0.3) is 11.0 Å². The predicted molar refractivity (Wildman–Crippen MR) is 81.1 cm³/mol. The van der Waals surface area contributed by atoms with Crippen LogP contribution in [-0.2, 0) is 6.61 Å². The summed E-state index contributed by atoms with van der Waals surface area (Å²) in [5, 5.41) is 12.3. The number of carboxylic acid groups (broad SMARTS) is 1. The van der Waals surface area contributed by atoms with Gasteiger partial charge in [0.2, 0.25) is 0 Å². The minimum Gasteiger partial charge on any atom is -0.545 e. The van der Waals surface area contributed by atoms with Crippen molar-refractivity contribution in [1.29, 1.82) is 0 Å². The first-order valence-corrected chi connectivity index (χ1v) is 7.04. The minimum absolute atomic E-state index is 0.0620. The van der Waals surface area contributed by atoms with E-state index >= 15 is 0 Å². The summed E-state index contributed by atoms with van der Waals surface area (Å²) in [7, 11) is 0. The number of hydrogen-bond donors (Lipinski definition) is 0. The van der Waals surface area contributed by atoms with Crippen molar-refractivity contribution in [3.05, 3.63) is 64.4 Å². The molecular formula is C17H12ClO4-. The molecule has 1 aromatic heterocycles. The first kappa shape index (κ1) is 14.5. The molecule has 3 aromatic rings. The average Bonchev–Trinajstić information content (AvgIpc) is 2.82. The van der Waals surface area contributed by atoms with E-state index in [1.54, 1.807) is 37.3 Å². The van der Waals surface area contributed by atoms with Crippen molar-refractivity contribution < 1.29 is 19.1 Å². The lowest BCUT2D eigenvalue weighted by Gasteiger charge is -2.07. The minimum atomic E-state index is -1.26. The number of rotatable bonds is 4. The van der Waals surface area contributed by atoms with Gasteiger partial charge >= 0.3 is 0 Å². The first-order valence-electron chi connectivity index (χ1n) is 6.66. The van der Waals surface area contributed by atoms with Crippen molar-refractivity contribution in [2.75, 3.05) is 0 Å². The average molecular weight is 316 g/mol. The number of fused-ring (bicyclic) bond motifs is 1. The van der Waals surface area contributed by atoms with E-state index in [2.05, 4.69) is 0 Å². The Morgan fingerprint density at radius 3 is 2.64 bits per heavy atom. The maximum absolute atomic E-state index is 11.2. The van der Waals surface area contributed by atoms with Gasteiger partial charge < -0.3 is 19.1 Å². The fourth-order valence-electron chi connectivity index (χ4n) is 2.29. The Labute approximate surface area is 131 Å². The summed E-state index contributed by atoms with van der Waals surface area (Å²) in [6.07, 6.45) is 0. The zero-order valence-electron chi connectivity index (χ0n) is 11.8. The number of carbonyl (C=O) groups excluding carboxylic acids is 1. The molecule has 0 saturated heterocycles. The van der Waals surface area contributed by atoms with Gasteiger partial charge in [-0.15, -0.1) is 0 Å². The second kappa shape index (κ2) is 5.73. The fraction of sp³-hybridized carbons (Fsp3) is 0.118. The highest BCUT2D eigenvalue weighted by molar-refractivity contribution is 6.30. The quantitative estimate of drug-likeness (QED) is 0.741. The summed E-state index contributed by atoms with van der Waals surface area (Å²) in [5.41, 5.74) is 1.52. The summed E-state index contributed by atoms with van der Waals surface area (Å²) in [6, 6.07) is 12.4. The lowest BCUT2D eigenvalue weighted by atomic mass is 10.1. The van der Waals surface area contributed by atoms with E-state index in [-0.39, 0.29) is 5.56 Å². The summed E-state index contributed by atoms with van der Waals surface area (Å²) in [4.78, 5) is 11.2. The molecule has 0 radical (unpaired) electrons. The molecule has 0 aliphatic heterocycles. The van der Waals surface area contributed by atoms with E-state index in [9.17, 15) is 9.90 Å². The summed E-state index contributed by atoms with van der Waals surface area (Å²) in [5.74, 6) is -0.373. The van der Waals surface area contributed by atoms with Crippen LogP contribution in [0.3, 0.4) is 0 Å². The molecule has 0 atom stereocenters. The molecule has 2 aromatic carbocycles. The highest BCUT2D eigenvalue weighted by Crippen LogP contribution is 2.29. The number of hydrogen-bond acceptors (Lipinski definition) is 4. The van der Waals surface area contributed by atoms with Gasteiger partial charge in [0, 0.05) is 16.0 Å². The standard InChI is InChI=1S/C17H13ClO4/c1-10-16(17(19)20)14-8-13(6-7-15(14)22-10)21-9-11-2-4-12(18)5-3-11/h2-8H,9H2,1H3,(H,19,20)/p-1. The van der Waals surface area contributed by atoms with Crippen molar-refractivity contribution in [1.82, 2.24) is 0 Å². The van der Waals surface area contributed by atoms with Crippen molar-refractivity contribution in [3.8, 4) is 5.75 Å². The van der Waals surface area contributed by atoms with Gasteiger partial charge in [-0.1, -0.05) is 23.7 Å². The lowest BCUT2D eigenvalue weighted by Crippen LogP contribution is -2.22. The lowest BCUT2D eigenvalue weighted by molar-refractivity contribution is -0.254. The number of halogens is 1. The molecule has 0 N–H and O–H groups in total. The van der Waals surface area contributed by atoms with Crippen LogP contribution in [-0.4, -0.2) is 5.97 Å². The highest BCUT2D eigenvalue weighted by Gasteiger charge is 2.12. The Morgan fingerprint density at radius 2 is 1.95 bits per heavy atom. The molecule has 0 fully saturated rings. The normalized spacial score (nSPS) is 10.8. The predicted octanol–water partition coefficient (Wildman–Crippen LogP) is 3.34. The van der Waals surface area contributed by atoms with Crippen LogP contribution >= 0.6 is 11.6 Å². The fourth-order valence-corrected chi connectivity index (χ4v) is 2.42. The molecule has 0 aliphatic carbocycles. The van der Waals surface area contributed by atoms with Gasteiger partial charge in [-0.05, 0) is 42.8 Å². The van der Waals surface area contributed by atoms with E-state index in [0.29, 0.717) is 34.1 Å².